The van der Waals surface area contributed by atoms with Crippen LogP contribution in [-0.2, 0) is 13.2 Å². The summed E-state index contributed by atoms with van der Waals surface area (Å²) in [5, 5.41) is 0.549. The number of Topliss-reactive ketones (excluding diaryl/α,β-unsaturated/α-hetero) is 1. The van der Waals surface area contributed by atoms with Crippen LogP contribution < -0.4 is 0 Å². The van der Waals surface area contributed by atoms with Crippen LogP contribution in [0.25, 0.3) is 10.9 Å². The van der Waals surface area contributed by atoms with Gasteiger partial charge in [-0.15, -0.1) is 0 Å². The second-order valence-corrected chi connectivity index (χ2v) is 3.94. The lowest BCUT2D eigenvalue weighted by Crippen LogP contribution is -2.04. The SMILES string of the molecule is CC(=O)c1cn(C)c2cc(C(F)(F)F)ccc12. The van der Waals surface area contributed by atoms with Crippen molar-refractivity contribution < 1.29 is 18.0 Å². The van der Waals surface area contributed by atoms with E-state index in [2.05, 4.69) is 0 Å². The Morgan fingerprint density at radius 1 is 1.29 bits per heavy atom. The number of carbonyl (C=O) groups excluding carboxylic acids is 1. The highest BCUT2D eigenvalue weighted by molar-refractivity contribution is 6.07. The van der Waals surface area contributed by atoms with E-state index in [9.17, 15) is 18.0 Å². The van der Waals surface area contributed by atoms with Gasteiger partial charge in [0.25, 0.3) is 0 Å². The number of benzene rings is 1. The summed E-state index contributed by atoms with van der Waals surface area (Å²) in [4.78, 5) is 11.3. The quantitative estimate of drug-likeness (QED) is 0.701. The van der Waals surface area contributed by atoms with Crippen molar-refractivity contribution >= 4 is 16.7 Å². The third-order valence-corrected chi connectivity index (χ3v) is 2.70. The average Bonchev–Trinajstić information content (AvgIpc) is 2.55. The number of rotatable bonds is 1. The smallest absolute Gasteiger partial charge is 0.350 e. The number of fused-ring (bicyclic) bond motifs is 1. The lowest BCUT2D eigenvalue weighted by atomic mass is 10.1. The zero-order valence-corrected chi connectivity index (χ0v) is 9.30. The van der Waals surface area contributed by atoms with Crippen molar-refractivity contribution in [1.29, 1.82) is 0 Å². The van der Waals surface area contributed by atoms with Gasteiger partial charge in [0, 0.05) is 29.7 Å². The van der Waals surface area contributed by atoms with Crippen LogP contribution >= 0.6 is 0 Å². The van der Waals surface area contributed by atoms with Gasteiger partial charge in [-0.2, -0.15) is 13.2 Å². The highest BCUT2D eigenvalue weighted by Gasteiger charge is 2.31. The molecule has 1 aromatic carbocycles. The number of alkyl halides is 3. The normalized spacial score (nSPS) is 12.1. The summed E-state index contributed by atoms with van der Waals surface area (Å²) in [7, 11) is 1.62. The van der Waals surface area contributed by atoms with Crippen LogP contribution in [0, 0.1) is 0 Å². The number of ketones is 1. The molecule has 2 nitrogen and oxygen atoms in total. The first-order valence-electron chi connectivity index (χ1n) is 4.98. The largest absolute Gasteiger partial charge is 0.416 e. The van der Waals surface area contributed by atoms with Gasteiger partial charge in [-0.25, -0.2) is 0 Å². The van der Waals surface area contributed by atoms with Crippen LogP contribution in [0.5, 0.6) is 0 Å². The molecule has 0 aliphatic rings. The molecule has 2 aromatic rings. The van der Waals surface area contributed by atoms with Crippen molar-refractivity contribution in [3.63, 3.8) is 0 Å². The number of aryl methyl sites for hydroxylation is 1. The lowest BCUT2D eigenvalue weighted by Gasteiger charge is -2.07. The highest BCUT2D eigenvalue weighted by Crippen LogP contribution is 2.32. The van der Waals surface area contributed by atoms with E-state index in [0.717, 1.165) is 12.1 Å². The van der Waals surface area contributed by atoms with Gasteiger partial charge in [-0.1, -0.05) is 6.07 Å². The maximum Gasteiger partial charge on any atom is 0.416 e. The van der Waals surface area contributed by atoms with Crippen molar-refractivity contribution in [1.82, 2.24) is 4.57 Å². The van der Waals surface area contributed by atoms with Crippen LogP contribution in [-0.4, -0.2) is 10.4 Å². The Balaban J connectivity index is 2.72. The first kappa shape index (κ1) is 11.7. The lowest BCUT2D eigenvalue weighted by molar-refractivity contribution is -0.137. The molecule has 90 valence electrons. The fraction of sp³-hybridized carbons (Fsp3) is 0.250. The zero-order valence-electron chi connectivity index (χ0n) is 9.30. The van der Waals surface area contributed by atoms with Gasteiger partial charge in [0.05, 0.1) is 5.56 Å². The molecule has 0 aliphatic heterocycles. The minimum Gasteiger partial charge on any atom is -0.350 e. The summed E-state index contributed by atoms with van der Waals surface area (Å²) in [6, 6.07) is 3.39. The second kappa shape index (κ2) is 3.61. The van der Waals surface area contributed by atoms with Crippen molar-refractivity contribution in [2.24, 2.45) is 7.05 Å². The van der Waals surface area contributed by atoms with Gasteiger partial charge < -0.3 is 4.57 Å². The summed E-state index contributed by atoms with van der Waals surface area (Å²) in [5.41, 5.74) is 0.141. The fourth-order valence-electron chi connectivity index (χ4n) is 1.84. The maximum absolute atomic E-state index is 12.5. The van der Waals surface area contributed by atoms with Crippen LogP contribution in [0.3, 0.4) is 0 Å². The number of nitrogens with zero attached hydrogens (tertiary/aromatic N) is 1. The molecule has 0 amide bonds. The molecule has 0 saturated heterocycles. The molecule has 0 spiro atoms. The minimum absolute atomic E-state index is 0.157. The van der Waals surface area contributed by atoms with E-state index >= 15 is 0 Å². The molecule has 0 bridgehead atoms. The molecule has 0 N–H and O–H groups in total. The second-order valence-electron chi connectivity index (χ2n) is 3.94. The van der Waals surface area contributed by atoms with Gasteiger partial charge in [-0.05, 0) is 19.1 Å². The molecule has 0 unspecified atom stereocenters. The first-order chi connectivity index (χ1) is 7.80. The summed E-state index contributed by atoms with van der Waals surface area (Å²) >= 11 is 0. The van der Waals surface area contributed by atoms with E-state index < -0.39 is 11.7 Å². The molecule has 17 heavy (non-hydrogen) atoms. The molecular weight excluding hydrogens is 231 g/mol. The van der Waals surface area contributed by atoms with E-state index in [0.29, 0.717) is 16.5 Å². The average molecular weight is 241 g/mol. The summed E-state index contributed by atoms with van der Waals surface area (Å²) in [6.07, 6.45) is -2.82. The molecule has 5 heteroatoms. The number of hydrogen-bond donors (Lipinski definition) is 0. The Bertz CT molecular complexity index is 596. The molecule has 1 heterocycles. The Kier molecular flexibility index (Phi) is 2.49. The fourth-order valence-corrected chi connectivity index (χ4v) is 1.84. The van der Waals surface area contributed by atoms with E-state index in [1.165, 1.54) is 17.6 Å². The van der Waals surface area contributed by atoms with Crippen molar-refractivity contribution in [3.8, 4) is 0 Å². The molecular formula is C12H10F3NO. The number of aromatic nitrogens is 1. The summed E-state index contributed by atoms with van der Waals surface area (Å²) < 4.78 is 39.1. The Hall–Kier alpha value is -1.78. The Morgan fingerprint density at radius 3 is 2.47 bits per heavy atom. The van der Waals surface area contributed by atoms with Crippen molar-refractivity contribution in [3.05, 3.63) is 35.5 Å². The monoisotopic (exact) mass is 241 g/mol. The standard InChI is InChI=1S/C12H10F3NO/c1-7(17)10-6-16(2)11-5-8(12(13,14)15)3-4-9(10)11/h3-6H,1-2H3. The predicted octanol–water partition coefficient (Wildman–Crippen LogP) is 3.40. The summed E-state index contributed by atoms with van der Waals surface area (Å²) in [6.45, 7) is 1.40. The number of carbonyl (C=O) groups is 1. The number of halogens is 3. The molecule has 1 aromatic heterocycles. The van der Waals surface area contributed by atoms with Gasteiger partial charge >= 0.3 is 6.18 Å². The van der Waals surface area contributed by atoms with Crippen LogP contribution in [0.2, 0.25) is 0 Å². The zero-order chi connectivity index (χ0) is 12.8. The number of hydrogen-bond acceptors (Lipinski definition) is 1. The highest BCUT2D eigenvalue weighted by atomic mass is 19.4. The molecule has 2 rings (SSSR count). The maximum atomic E-state index is 12.5. The van der Waals surface area contributed by atoms with Gasteiger partial charge in [-0.3, -0.25) is 4.79 Å². The van der Waals surface area contributed by atoms with Crippen LogP contribution in [0.15, 0.2) is 24.4 Å². The predicted molar refractivity (Wildman–Crippen MR) is 57.9 cm³/mol. The summed E-state index contributed by atoms with van der Waals surface area (Å²) in [5.74, 6) is -0.157. The van der Waals surface area contributed by atoms with Gasteiger partial charge in [0.15, 0.2) is 5.78 Å². The molecule has 0 radical (unpaired) electrons. The first-order valence-corrected chi connectivity index (χ1v) is 4.98. The third-order valence-electron chi connectivity index (χ3n) is 2.70. The minimum atomic E-state index is -4.37. The topological polar surface area (TPSA) is 22.0 Å². The Morgan fingerprint density at radius 2 is 1.94 bits per heavy atom. The van der Waals surface area contributed by atoms with Crippen LogP contribution in [0.4, 0.5) is 13.2 Å². The van der Waals surface area contributed by atoms with Crippen molar-refractivity contribution in [2.75, 3.05) is 0 Å². The van der Waals surface area contributed by atoms with E-state index in [4.69, 9.17) is 0 Å². The van der Waals surface area contributed by atoms with Crippen LogP contribution in [0.1, 0.15) is 22.8 Å². The third kappa shape index (κ3) is 1.92. The van der Waals surface area contributed by atoms with Gasteiger partial charge in [0.1, 0.15) is 0 Å². The van der Waals surface area contributed by atoms with Crippen molar-refractivity contribution in [2.45, 2.75) is 13.1 Å². The van der Waals surface area contributed by atoms with E-state index in [1.54, 1.807) is 13.2 Å². The molecule has 0 aliphatic carbocycles. The molecule has 0 atom stereocenters. The van der Waals surface area contributed by atoms with Gasteiger partial charge in [0.2, 0.25) is 0 Å². The molecule has 0 fully saturated rings. The molecule has 0 saturated carbocycles. The Labute approximate surface area is 95.7 Å². The van der Waals surface area contributed by atoms with E-state index in [-0.39, 0.29) is 5.78 Å². The van der Waals surface area contributed by atoms with E-state index in [1.807, 2.05) is 0 Å².